The van der Waals surface area contributed by atoms with E-state index in [1.165, 1.54) is 44.1 Å². The fourth-order valence-corrected chi connectivity index (χ4v) is 6.59. The molecule has 0 spiro atoms. The lowest BCUT2D eigenvalue weighted by molar-refractivity contribution is 0.660. The molecule has 2 aliphatic rings. The summed E-state index contributed by atoms with van der Waals surface area (Å²) in [5.74, 6) is 0. The highest BCUT2D eigenvalue weighted by molar-refractivity contribution is 6.14. The molecule has 1 aromatic heterocycles. The number of anilines is 1. The molecule has 182 valence electrons. The number of benzene rings is 5. The van der Waals surface area contributed by atoms with E-state index in [0.29, 0.717) is 0 Å². The molecular weight excluding hydrogens is 462 g/mol. The average molecular weight is 490 g/mol. The van der Waals surface area contributed by atoms with Gasteiger partial charge in [-0.1, -0.05) is 98.8 Å². The minimum atomic E-state index is -0.153. The van der Waals surface area contributed by atoms with Crippen molar-refractivity contribution in [3.8, 4) is 11.1 Å². The lowest BCUT2D eigenvalue weighted by Gasteiger charge is -2.30. The van der Waals surface area contributed by atoms with Crippen molar-refractivity contribution in [3.05, 3.63) is 132 Å². The zero-order valence-corrected chi connectivity index (χ0v) is 21.4. The topological polar surface area (TPSA) is 29.3 Å². The molecule has 1 atom stereocenters. The van der Waals surface area contributed by atoms with Gasteiger partial charge in [0.05, 0.1) is 28.1 Å². The number of para-hydroxylation sites is 3. The van der Waals surface area contributed by atoms with E-state index in [9.17, 15) is 0 Å². The van der Waals surface area contributed by atoms with Gasteiger partial charge in [0.15, 0.2) is 0 Å². The number of aliphatic imine (C=N–C) groups is 1. The van der Waals surface area contributed by atoms with Gasteiger partial charge in [0.1, 0.15) is 6.17 Å². The summed E-state index contributed by atoms with van der Waals surface area (Å²) in [7, 11) is 0. The first-order valence-electron chi connectivity index (χ1n) is 13.3. The van der Waals surface area contributed by atoms with Crippen LogP contribution in [0.15, 0.2) is 120 Å². The molecule has 0 bridgehead atoms. The molecular formula is C35H27N3. The summed E-state index contributed by atoms with van der Waals surface area (Å²) in [5.41, 5.74) is 12.0. The highest BCUT2D eigenvalue weighted by atomic mass is 15.2. The van der Waals surface area contributed by atoms with Crippen molar-refractivity contribution < 1.29 is 0 Å². The van der Waals surface area contributed by atoms with Crippen molar-refractivity contribution in [2.75, 3.05) is 5.32 Å². The fourth-order valence-electron chi connectivity index (χ4n) is 6.59. The van der Waals surface area contributed by atoms with Gasteiger partial charge in [0.2, 0.25) is 0 Å². The fraction of sp³-hybridized carbons (Fsp3) is 0.114. The van der Waals surface area contributed by atoms with Crippen LogP contribution < -0.4 is 5.32 Å². The molecule has 1 aliphatic carbocycles. The predicted molar refractivity (Wildman–Crippen MR) is 159 cm³/mol. The second kappa shape index (κ2) is 7.69. The number of nitrogens with zero attached hydrogens (tertiary/aromatic N) is 2. The lowest BCUT2D eigenvalue weighted by Crippen LogP contribution is -2.30. The molecule has 1 N–H and O–H groups in total. The van der Waals surface area contributed by atoms with Crippen LogP contribution in [0.2, 0.25) is 0 Å². The van der Waals surface area contributed by atoms with Gasteiger partial charge in [-0.05, 0) is 52.6 Å². The molecule has 0 amide bonds. The molecule has 3 heteroatoms. The summed E-state index contributed by atoms with van der Waals surface area (Å²) in [6, 6.07) is 41.4. The Hall–Kier alpha value is -4.63. The molecule has 1 unspecified atom stereocenters. The first kappa shape index (κ1) is 21.5. The summed E-state index contributed by atoms with van der Waals surface area (Å²) in [6.07, 6.45) is -0.153. The molecule has 2 heterocycles. The maximum Gasteiger partial charge on any atom is 0.148 e. The third-order valence-corrected chi connectivity index (χ3v) is 8.44. The van der Waals surface area contributed by atoms with Crippen molar-refractivity contribution in [2.45, 2.75) is 25.4 Å². The highest BCUT2D eigenvalue weighted by Crippen LogP contribution is 2.51. The van der Waals surface area contributed by atoms with Crippen LogP contribution in [0.1, 0.15) is 36.7 Å². The van der Waals surface area contributed by atoms with E-state index < -0.39 is 0 Å². The Bertz CT molecular complexity index is 1920. The maximum atomic E-state index is 5.23. The Kier molecular flexibility index (Phi) is 4.34. The Morgan fingerprint density at radius 2 is 1.39 bits per heavy atom. The smallest absolute Gasteiger partial charge is 0.148 e. The number of nitrogens with one attached hydrogen (secondary N) is 1. The molecule has 8 rings (SSSR count). The third kappa shape index (κ3) is 2.87. The van der Waals surface area contributed by atoms with Gasteiger partial charge >= 0.3 is 0 Å². The second-order valence-electron chi connectivity index (χ2n) is 10.9. The normalized spacial score (nSPS) is 17.0. The first-order valence-corrected chi connectivity index (χ1v) is 13.3. The van der Waals surface area contributed by atoms with Crippen molar-refractivity contribution in [3.63, 3.8) is 0 Å². The van der Waals surface area contributed by atoms with Gasteiger partial charge in [-0.15, -0.1) is 0 Å². The van der Waals surface area contributed by atoms with E-state index in [0.717, 1.165) is 22.6 Å². The Morgan fingerprint density at radius 3 is 2.29 bits per heavy atom. The van der Waals surface area contributed by atoms with Crippen LogP contribution >= 0.6 is 0 Å². The van der Waals surface area contributed by atoms with E-state index in [4.69, 9.17) is 4.99 Å². The van der Waals surface area contributed by atoms with E-state index in [1.54, 1.807) is 0 Å². The Balaban J connectivity index is 1.45. The van der Waals surface area contributed by atoms with Crippen LogP contribution in [0.3, 0.4) is 0 Å². The zero-order valence-electron chi connectivity index (χ0n) is 21.4. The quantitative estimate of drug-likeness (QED) is 0.259. The van der Waals surface area contributed by atoms with E-state index in [1.807, 2.05) is 0 Å². The maximum absolute atomic E-state index is 5.23. The third-order valence-electron chi connectivity index (χ3n) is 8.44. The molecule has 0 fully saturated rings. The molecule has 6 aromatic rings. The molecule has 5 aromatic carbocycles. The van der Waals surface area contributed by atoms with Gasteiger partial charge in [0, 0.05) is 21.8 Å². The van der Waals surface area contributed by atoms with Gasteiger partial charge in [0.25, 0.3) is 0 Å². The monoisotopic (exact) mass is 489 g/mol. The highest BCUT2D eigenvalue weighted by Gasteiger charge is 2.37. The van der Waals surface area contributed by atoms with Gasteiger partial charge < -0.3 is 9.88 Å². The second-order valence-corrected chi connectivity index (χ2v) is 10.9. The summed E-state index contributed by atoms with van der Waals surface area (Å²) >= 11 is 0. The summed E-state index contributed by atoms with van der Waals surface area (Å²) in [6.45, 7) is 4.70. The average Bonchev–Trinajstić information content (AvgIpc) is 3.40. The zero-order chi connectivity index (χ0) is 25.4. The van der Waals surface area contributed by atoms with Gasteiger partial charge in [-0.25, -0.2) is 4.99 Å². The van der Waals surface area contributed by atoms with Crippen LogP contribution in [0.4, 0.5) is 11.4 Å². The van der Waals surface area contributed by atoms with E-state index in [-0.39, 0.29) is 11.6 Å². The molecule has 3 nitrogen and oxygen atoms in total. The lowest BCUT2D eigenvalue weighted by atomic mass is 9.82. The minimum Gasteiger partial charge on any atom is -0.358 e. The molecule has 0 radical (unpaired) electrons. The first-order chi connectivity index (χ1) is 18.6. The predicted octanol–water partition coefficient (Wildman–Crippen LogP) is 8.85. The van der Waals surface area contributed by atoms with Crippen molar-refractivity contribution in [2.24, 2.45) is 4.99 Å². The van der Waals surface area contributed by atoms with Crippen LogP contribution in [0.25, 0.3) is 32.9 Å². The summed E-state index contributed by atoms with van der Waals surface area (Å²) < 4.78 is 2.46. The minimum absolute atomic E-state index is 0.0651. The molecule has 1 aliphatic heterocycles. The number of hydrogen-bond donors (Lipinski definition) is 1. The van der Waals surface area contributed by atoms with Crippen LogP contribution in [0.5, 0.6) is 0 Å². The van der Waals surface area contributed by atoms with Crippen molar-refractivity contribution in [1.29, 1.82) is 0 Å². The van der Waals surface area contributed by atoms with Gasteiger partial charge in [-0.3, -0.25) is 0 Å². The number of hydrogen-bond acceptors (Lipinski definition) is 2. The Labute approximate surface area is 222 Å². The van der Waals surface area contributed by atoms with Crippen molar-refractivity contribution >= 4 is 38.9 Å². The largest absolute Gasteiger partial charge is 0.358 e. The Morgan fingerprint density at radius 1 is 0.658 bits per heavy atom. The standard InChI is InChI=1S/C35H27N3/c1-35(2)27-16-8-6-14-23(27)25-20-26-24-15-7-11-19-31(24)38(32(26)21-28(25)35)34-33(22-12-4-3-5-13-22)36-29-17-9-10-18-30(29)37-34/h3-21,34,37H,1-2H3. The number of rotatable bonds is 2. The number of fused-ring (bicyclic) bond motifs is 7. The van der Waals surface area contributed by atoms with E-state index >= 15 is 0 Å². The molecule has 0 saturated heterocycles. The number of aromatic nitrogens is 1. The van der Waals surface area contributed by atoms with Gasteiger partial charge in [-0.2, -0.15) is 0 Å². The summed E-state index contributed by atoms with van der Waals surface area (Å²) in [4.78, 5) is 5.23. The van der Waals surface area contributed by atoms with E-state index in [2.05, 4.69) is 139 Å². The van der Waals surface area contributed by atoms with Crippen molar-refractivity contribution in [1.82, 2.24) is 4.57 Å². The summed E-state index contributed by atoms with van der Waals surface area (Å²) in [5, 5.41) is 6.41. The SMILES string of the molecule is CC1(C)c2ccccc2-c2cc3c4ccccc4n(C4Nc5ccccc5N=C4c4ccccc4)c3cc21. The van der Waals surface area contributed by atoms with Crippen LogP contribution in [-0.2, 0) is 5.41 Å². The van der Waals surface area contributed by atoms with Crippen LogP contribution in [-0.4, -0.2) is 10.3 Å². The van der Waals surface area contributed by atoms with Crippen LogP contribution in [0, 0.1) is 0 Å². The molecule has 38 heavy (non-hydrogen) atoms. The molecule has 0 saturated carbocycles.